The molecule has 3 rings (SSSR count). The number of rotatable bonds is 8. The summed E-state index contributed by atoms with van der Waals surface area (Å²) in [6.45, 7) is 1.21. The monoisotopic (exact) mass is 415 g/mol. The third kappa shape index (κ3) is 4.76. The first kappa shape index (κ1) is 21.3. The second kappa shape index (κ2) is 9.39. The topological polar surface area (TPSA) is 65.4 Å². The van der Waals surface area contributed by atoms with Gasteiger partial charge in [-0.1, -0.05) is 24.3 Å². The van der Waals surface area contributed by atoms with Gasteiger partial charge in [-0.05, 0) is 49.6 Å². The molecule has 0 fully saturated rings. The van der Waals surface area contributed by atoms with Crippen LogP contribution in [0.15, 0.2) is 48.7 Å². The summed E-state index contributed by atoms with van der Waals surface area (Å²) < 4.78 is 36.4. The number of carbonyl (C=O) groups is 1. The number of nitrogens with one attached hydrogen (secondary N) is 1. The van der Waals surface area contributed by atoms with Crippen molar-refractivity contribution in [2.24, 2.45) is 0 Å². The number of aromatic nitrogens is 2. The molecule has 0 aliphatic rings. The van der Waals surface area contributed by atoms with Crippen LogP contribution < -0.4 is 14.8 Å². The second-order valence-electron chi connectivity index (χ2n) is 6.71. The van der Waals surface area contributed by atoms with E-state index in [0.29, 0.717) is 18.5 Å². The zero-order chi connectivity index (χ0) is 21.7. The Morgan fingerprint density at radius 1 is 1.17 bits per heavy atom. The third-order valence-corrected chi connectivity index (χ3v) is 4.74. The van der Waals surface area contributed by atoms with Crippen LogP contribution in [0.4, 0.5) is 8.78 Å². The van der Waals surface area contributed by atoms with Crippen LogP contribution in [0.2, 0.25) is 0 Å². The number of ether oxygens (including phenoxy) is 2. The highest BCUT2D eigenvalue weighted by Gasteiger charge is 2.16. The van der Waals surface area contributed by atoms with E-state index < -0.39 is 6.61 Å². The molecular weight excluding hydrogens is 392 g/mol. The Balaban J connectivity index is 1.65. The minimum absolute atomic E-state index is 0.0355. The average molecular weight is 415 g/mol. The SMILES string of the molecule is COc1ccc(CCNC(=O)c2cnn(-c3ccccc3C)c2C)cc1OC(F)F. The first-order chi connectivity index (χ1) is 14.4. The number of hydrogen-bond acceptors (Lipinski definition) is 4. The molecule has 1 aromatic heterocycles. The molecule has 158 valence electrons. The van der Waals surface area contributed by atoms with Crippen molar-refractivity contribution in [3.8, 4) is 17.2 Å². The molecule has 1 heterocycles. The van der Waals surface area contributed by atoms with Crippen molar-refractivity contribution >= 4 is 5.91 Å². The largest absolute Gasteiger partial charge is 0.493 e. The zero-order valence-electron chi connectivity index (χ0n) is 17.0. The fourth-order valence-electron chi connectivity index (χ4n) is 3.16. The molecule has 0 saturated carbocycles. The molecule has 0 saturated heterocycles. The molecule has 8 heteroatoms. The van der Waals surface area contributed by atoms with E-state index in [4.69, 9.17) is 4.74 Å². The molecule has 0 radical (unpaired) electrons. The third-order valence-electron chi connectivity index (χ3n) is 4.74. The molecule has 1 amide bonds. The Morgan fingerprint density at radius 2 is 1.93 bits per heavy atom. The van der Waals surface area contributed by atoms with E-state index in [-0.39, 0.29) is 17.4 Å². The molecule has 0 atom stereocenters. The van der Waals surface area contributed by atoms with E-state index in [2.05, 4.69) is 15.2 Å². The van der Waals surface area contributed by atoms with Gasteiger partial charge in [-0.2, -0.15) is 13.9 Å². The van der Waals surface area contributed by atoms with Gasteiger partial charge in [0.25, 0.3) is 5.91 Å². The number of para-hydroxylation sites is 1. The Hall–Kier alpha value is -3.42. The highest BCUT2D eigenvalue weighted by atomic mass is 19.3. The van der Waals surface area contributed by atoms with Crippen molar-refractivity contribution in [3.63, 3.8) is 0 Å². The minimum atomic E-state index is -2.94. The van der Waals surface area contributed by atoms with Gasteiger partial charge >= 0.3 is 6.61 Å². The van der Waals surface area contributed by atoms with Crippen molar-refractivity contribution in [2.75, 3.05) is 13.7 Å². The van der Waals surface area contributed by atoms with Gasteiger partial charge in [0.15, 0.2) is 11.5 Å². The summed E-state index contributed by atoms with van der Waals surface area (Å²) in [5.41, 5.74) is 3.92. The molecule has 2 aromatic carbocycles. The van der Waals surface area contributed by atoms with Gasteiger partial charge in [-0.25, -0.2) is 4.68 Å². The number of halogens is 2. The van der Waals surface area contributed by atoms with Crippen LogP contribution in [0.1, 0.15) is 27.2 Å². The predicted molar refractivity (Wildman–Crippen MR) is 109 cm³/mol. The van der Waals surface area contributed by atoms with Crippen LogP contribution >= 0.6 is 0 Å². The van der Waals surface area contributed by atoms with Crippen LogP contribution in [0.5, 0.6) is 11.5 Å². The fraction of sp³-hybridized carbons (Fsp3) is 0.273. The van der Waals surface area contributed by atoms with E-state index in [0.717, 1.165) is 22.5 Å². The molecule has 0 bridgehead atoms. The van der Waals surface area contributed by atoms with Crippen LogP contribution in [0, 0.1) is 13.8 Å². The summed E-state index contributed by atoms with van der Waals surface area (Å²) in [4.78, 5) is 12.6. The highest BCUT2D eigenvalue weighted by Crippen LogP contribution is 2.29. The van der Waals surface area contributed by atoms with Gasteiger partial charge in [0, 0.05) is 6.54 Å². The second-order valence-corrected chi connectivity index (χ2v) is 6.71. The maximum Gasteiger partial charge on any atom is 0.387 e. The quantitative estimate of drug-likeness (QED) is 0.602. The number of aryl methyl sites for hydroxylation is 1. The molecule has 1 N–H and O–H groups in total. The zero-order valence-corrected chi connectivity index (χ0v) is 17.0. The lowest BCUT2D eigenvalue weighted by atomic mass is 10.1. The van der Waals surface area contributed by atoms with E-state index in [1.807, 2.05) is 38.1 Å². The maximum absolute atomic E-state index is 12.6. The van der Waals surface area contributed by atoms with Crippen molar-refractivity contribution in [3.05, 3.63) is 71.0 Å². The van der Waals surface area contributed by atoms with Crippen molar-refractivity contribution in [1.82, 2.24) is 15.1 Å². The molecule has 6 nitrogen and oxygen atoms in total. The average Bonchev–Trinajstić information content (AvgIpc) is 3.09. The smallest absolute Gasteiger partial charge is 0.387 e. The number of alkyl halides is 2. The van der Waals surface area contributed by atoms with Crippen molar-refractivity contribution in [2.45, 2.75) is 26.9 Å². The summed E-state index contributed by atoms with van der Waals surface area (Å²) in [7, 11) is 1.38. The van der Waals surface area contributed by atoms with Gasteiger partial charge < -0.3 is 14.8 Å². The Bertz CT molecular complexity index is 1030. The molecular formula is C22H23F2N3O3. The summed E-state index contributed by atoms with van der Waals surface area (Å²) in [5.74, 6) is -0.0566. The number of amides is 1. The highest BCUT2D eigenvalue weighted by molar-refractivity contribution is 5.95. The molecule has 30 heavy (non-hydrogen) atoms. The van der Waals surface area contributed by atoms with Crippen LogP contribution in [0.3, 0.4) is 0 Å². The maximum atomic E-state index is 12.6. The lowest BCUT2D eigenvalue weighted by Crippen LogP contribution is -2.26. The molecule has 0 aliphatic carbocycles. The lowest BCUT2D eigenvalue weighted by molar-refractivity contribution is -0.0512. The van der Waals surface area contributed by atoms with Gasteiger partial charge in [0.1, 0.15) is 0 Å². The number of benzene rings is 2. The van der Waals surface area contributed by atoms with Gasteiger partial charge in [0.05, 0.1) is 30.3 Å². The van der Waals surface area contributed by atoms with Crippen LogP contribution in [-0.2, 0) is 6.42 Å². The standard InChI is InChI=1S/C22H23F2N3O3/c1-14-6-4-5-7-18(14)27-15(2)17(13-26-27)21(28)25-11-10-16-8-9-19(29-3)20(12-16)30-22(23)24/h4-9,12-13,22H,10-11H2,1-3H3,(H,25,28). The van der Waals surface area contributed by atoms with E-state index >= 15 is 0 Å². The first-order valence-corrected chi connectivity index (χ1v) is 9.41. The minimum Gasteiger partial charge on any atom is -0.493 e. The van der Waals surface area contributed by atoms with Crippen LogP contribution in [0.25, 0.3) is 5.69 Å². The van der Waals surface area contributed by atoms with E-state index in [9.17, 15) is 13.6 Å². The summed E-state index contributed by atoms with van der Waals surface area (Å²) in [5, 5.41) is 7.19. The van der Waals surface area contributed by atoms with Gasteiger partial charge in [-0.15, -0.1) is 0 Å². The number of methoxy groups -OCH3 is 1. The molecule has 0 aliphatic heterocycles. The van der Waals surface area contributed by atoms with Gasteiger partial charge in [0.2, 0.25) is 0 Å². The molecule has 3 aromatic rings. The predicted octanol–water partition coefficient (Wildman–Crippen LogP) is 4.07. The van der Waals surface area contributed by atoms with E-state index in [1.165, 1.54) is 13.2 Å². The fourth-order valence-corrected chi connectivity index (χ4v) is 3.16. The van der Waals surface area contributed by atoms with E-state index in [1.54, 1.807) is 23.0 Å². The normalized spacial score (nSPS) is 10.9. The first-order valence-electron chi connectivity index (χ1n) is 9.41. The molecule has 0 spiro atoms. The Morgan fingerprint density at radius 3 is 2.63 bits per heavy atom. The van der Waals surface area contributed by atoms with Crippen LogP contribution in [-0.4, -0.2) is 36.0 Å². The summed E-state index contributed by atoms with van der Waals surface area (Å²) >= 11 is 0. The van der Waals surface area contributed by atoms with Gasteiger partial charge in [-0.3, -0.25) is 4.79 Å². The summed E-state index contributed by atoms with van der Waals surface area (Å²) in [6, 6.07) is 12.6. The van der Waals surface area contributed by atoms with Crippen molar-refractivity contribution in [1.29, 1.82) is 0 Å². The number of nitrogens with zero attached hydrogens (tertiary/aromatic N) is 2. The number of carbonyl (C=O) groups excluding carboxylic acids is 1. The van der Waals surface area contributed by atoms with Crippen molar-refractivity contribution < 1.29 is 23.0 Å². The molecule has 0 unspecified atom stereocenters. The lowest BCUT2D eigenvalue weighted by Gasteiger charge is -2.12. The Kier molecular flexibility index (Phi) is 6.66. The number of hydrogen-bond donors (Lipinski definition) is 1. The Labute approximate surface area is 173 Å². The summed E-state index contributed by atoms with van der Waals surface area (Å²) in [6.07, 6.45) is 1.99.